The molecule has 2 aromatic heterocycles. The molecule has 0 unspecified atom stereocenters. The van der Waals surface area contributed by atoms with Gasteiger partial charge < -0.3 is 5.32 Å². The molecule has 4 fully saturated rings. The Kier molecular flexibility index (Phi) is 3.82. The molecule has 132 valence electrons. The summed E-state index contributed by atoms with van der Waals surface area (Å²) in [4.78, 5) is 22.6. The van der Waals surface area contributed by atoms with Crippen molar-refractivity contribution in [2.75, 3.05) is 0 Å². The van der Waals surface area contributed by atoms with E-state index >= 15 is 0 Å². The summed E-state index contributed by atoms with van der Waals surface area (Å²) >= 11 is 3.17. The molecule has 1 N–H and O–H groups in total. The van der Waals surface area contributed by atoms with Gasteiger partial charge in [-0.15, -0.1) is 11.3 Å². The van der Waals surface area contributed by atoms with Gasteiger partial charge in [0.15, 0.2) is 0 Å². The Hall–Kier alpha value is -1.14. The topological polar surface area (TPSA) is 54.9 Å². The average molecular weight is 374 g/mol. The zero-order valence-electron chi connectivity index (χ0n) is 14.4. The molecule has 4 aliphatic rings. The van der Waals surface area contributed by atoms with Gasteiger partial charge in [0.2, 0.25) is 5.91 Å². The second-order valence-corrected chi connectivity index (χ2v) is 10.5. The molecular formula is C19H23N3OS2. The third-order valence-electron chi connectivity index (χ3n) is 6.31. The number of rotatable bonds is 4. The summed E-state index contributed by atoms with van der Waals surface area (Å²) in [6.45, 7) is 2.00. The van der Waals surface area contributed by atoms with Crippen LogP contribution in [0.1, 0.15) is 45.4 Å². The van der Waals surface area contributed by atoms with E-state index in [1.807, 2.05) is 18.4 Å². The Morgan fingerprint density at radius 1 is 1.24 bits per heavy atom. The van der Waals surface area contributed by atoms with Gasteiger partial charge in [0.25, 0.3) is 0 Å². The SMILES string of the molecule is C[C@H](Sc1ncnc2sccc12)C(=O)NC12CC3CC(CC(C3)C1)C2. The molecule has 0 radical (unpaired) electrons. The van der Waals surface area contributed by atoms with E-state index in [1.165, 1.54) is 38.5 Å². The summed E-state index contributed by atoms with van der Waals surface area (Å²) in [5, 5.41) is 7.36. The number of nitrogens with one attached hydrogen (secondary N) is 1. The number of thioether (sulfide) groups is 1. The Bertz CT molecular complexity index is 783. The standard InChI is InChI=1S/C19H23N3OS2/c1-11(25-18-15-2-3-24-17(15)20-10-21-18)16(23)22-19-7-12-4-13(8-19)6-14(5-12)9-19/h2-3,10-14H,4-9H2,1H3,(H,22,23)/t11-,12?,13?,14?,19?/m0/s1. The normalized spacial score (nSPS) is 34.4. The summed E-state index contributed by atoms with van der Waals surface area (Å²) in [7, 11) is 0. The molecule has 0 saturated heterocycles. The molecule has 4 bridgehead atoms. The molecule has 4 nitrogen and oxygen atoms in total. The number of nitrogens with zero attached hydrogens (tertiary/aromatic N) is 2. The van der Waals surface area contributed by atoms with Crippen molar-refractivity contribution in [3.63, 3.8) is 0 Å². The molecule has 4 saturated carbocycles. The van der Waals surface area contributed by atoms with E-state index in [0.717, 1.165) is 33.0 Å². The van der Waals surface area contributed by atoms with Crippen molar-refractivity contribution in [2.24, 2.45) is 17.8 Å². The fraction of sp³-hybridized carbons (Fsp3) is 0.632. The van der Waals surface area contributed by atoms with Gasteiger partial charge in [-0.2, -0.15) is 0 Å². The highest BCUT2D eigenvalue weighted by Gasteiger charge is 2.51. The highest BCUT2D eigenvalue weighted by molar-refractivity contribution is 8.00. The first-order valence-corrected chi connectivity index (χ1v) is 11.0. The smallest absolute Gasteiger partial charge is 0.233 e. The Morgan fingerprint density at radius 3 is 2.60 bits per heavy atom. The van der Waals surface area contributed by atoms with E-state index in [2.05, 4.69) is 15.3 Å². The van der Waals surface area contributed by atoms with Crippen LogP contribution in [0.5, 0.6) is 0 Å². The van der Waals surface area contributed by atoms with E-state index in [4.69, 9.17) is 0 Å². The zero-order chi connectivity index (χ0) is 17.0. The molecule has 25 heavy (non-hydrogen) atoms. The van der Waals surface area contributed by atoms with E-state index in [9.17, 15) is 4.79 Å². The molecular weight excluding hydrogens is 350 g/mol. The average Bonchev–Trinajstić information content (AvgIpc) is 3.02. The zero-order valence-corrected chi connectivity index (χ0v) is 16.0. The Morgan fingerprint density at radius 2 is 1.92 bits per heavy atom. The van der Waals surface area contributed by atoms with Gasteiger partial charge in [0.05, 0.1) is 5.25 Å². The monoisotopic (exact) mass is 373 g/mol. The van der Waals surface area contributed by atoms with Gasteiger partial charge in [-0.05, 0) is 74.6 Å². The fourth-order valence-corrected chi connectivity index (χ4v) is 7.41. The number of hydrogen-bond acceptors (Lipinski definition) is 5. The maximum atomic E-state index is 12.9. The number of fused-ring (bicyclic) bond motifs is 1. The summed E-state index contributed by atoms with van der Waals surface area (Å²) in [6, 6.07) is 2.05. The minimum absolute atomic E-state index is 0.0873. The van der Waals surface area contributed by atoms with Crippen molar-refractivity contribution in [3.05, 3.63) is 17.8 Å². The van der Waals surface area contributed by atoms with Crippen LogP contribution in [0.15, 0.2) is 22.8 Å². The lowest BCUT2D eigenvalue weighted by atomic mass is 9.53. The predicted molar refractivity (Wildman–Crippen MR) is 102 cm³/mol. The van der Waals surface area contributed by atoms with Crippen LogP contribution in [0.3, 0.4) is 0 Å². The molecule has 2 heterocycles. The highest BCUT2D eigenvalue weighted by Crippen LogP contribution is 2.55. The second-order valence-electron chi connectivity index (χ2n) is 8.27. The van der Waals surface area contributed by atoms with Crippen LogP contribution in [-0.4, -0.2) is 26.7 Å². The van der Waals surface area contributed by atoms with E-state index < -0.39 is 0 Å². The highest BCUT2D eigenvalue weighted by atomic mass is 32.2. The van der Waals surface area contributed by atoms with E-state index in [-0.39, 0.29) is 16.7 Å². The van der Waals surface area contributed by atoms with Gasteiger partial charge >= 0.3 is 0 Å². The van der Waals surface area contributed by atoms with Gasteiger partial charge in [-0.25, -0.2) is 9.97 Å². The van der Waals surface area contributed by atoms with Crippen LogP contribution in [0.4, 0.5) is 0 Å². The third-order valence-corrected chi connectivity index (χ3v) is 8.25. The van der Waals surface area contributed by atoms with Crippen LogP contribution >= 0.6 is 23.1 Å². The maximum Gasteiger partial charge on any atom is 0.233 e. The number of carbonyl (C=O) groups excluding carboxylic acids is 1. The van der Waals surface area contributed by atoms with Crippen molar-refractivity contribution in [3.8, 4) is 0 Å². The molecule has 2 aromatic rings. The van der Waals surface area contributed by atoms with Crippen LogP contribution in [-0.2, 0) is 4.79 Å². The van der Waals surface area contributed by atoms with Crippen LogP contribution < -0.4 is 5.32 Å². The number of aromatic nitrogens is 2. The van der Waals surface area contributed by atoms with Crippen molar-refractivity contribution in [1.82, 2.24) is 15.3 Å². The van der Waals surface area contributed by atoms with Crippen LogP contribution in [0, 0.1) is 17.8 Å². The second kappa shape index (κ2) is 5.95. The first-order valence-electron chi connectivity index (χ1n) is 9.27. The van der Waals surface area contributed by atoms with Gasteiger partial charge in [-0.1, -0.05) is 11.8 Å². The van der Waals surface area contributed by atoms with Crippen molar-refractivity contribution in [1.29, 1.82) is 0 Å². The number of thiophene rings is 1. The maximum absolute atomic E-state index is 12.9. The predicted octanol–water partition coefficient (Wildman–Crippen LogP) is 4.26. The molecule has 4 aliphatic carbocycles. The minimum Gasteiger partial charge on any atom is -0.350 e. The lowest BCUT2D eigenvalue weighted by Gasteiger charge is -2.57. The molecule has 1 atom stereocenters. The molecule has 6 heteroatoms. The van der Waals surface area contributed by atoms with Gasteiger partial charge in [0, 0.05) is 10.9 Å². The van der Waals surface area contributed by atoms with E-state index in [0.29, 0.717) is 0 Å². The molecule has 0 aromatic carbocycles. The molecule has 6 rings (SSSR count). The summed E-state index contributed by atoms with van der Waals surface area (Å²) in [6.07, 6.45) is 9.40. The van der Waals surface area contributed by atoms with Gasteiger partial charge in [-0.3, -0.25) is 4.79 Å². The fourth-order valence-electron chi connectivity index (χ4n) is 5.71. The minimum atomic E-state index is -0.133. The number of carbonyl (C=O) groups is 1. The largest absolute Gasteiger partial charge is 0.350 e. The summed E-state index contributed by atoms with van der Waals surface area (Å²) in [5.41, 5.74) is 0.0873. The van der Waals surface area contributed by atoms with Crippen LogP contribution in [0.2, 0.25) is 0 Å². The van der Waals surface area contributed by atoms with Gasteiger partial charge in [0.1, 0.15) is 16.2 Å². The molecule has 0 aliphatic heterocycles. The third kappa shape index (κ3) is 2.87. The molecule has 1 amide bonds. The lowest BCUT2D eigenvalue weighted by Crippen LogP contribution is -2.60. The molecule has 0 spiro atoms. The summed E-state index contributed by atoms with van der Waals surface area (Å²) in [5.74, 6) is 2.72. The summed E-state index contributed by atoms with van der Waals surface area (Å²) < 4.78 is 0. The first-order chi connectivity index (χ1) is 12.1. The van der Waals surface area contributed by atoms with Crippen LogP contribution in [0.25, 0.3) is 10.2 Å². The quantitative estimate of drug-likeness (QED) is 0.643. The number of amides is 1. The first kappa shape index (κ1) is 16.1. The Labute approximate surface area is 156 Å². The van der Waals surface area contributed by atoms with Crippen molar-refractivity contribution < 1.29 is 4.79 Å². The number of hydrogen-bond donors (Lipinski definition) is 1. The van der Waals surface area contributed by atoms with Crippen molar-refractivity contribution >= 4 is 39.2 Å². The van der Waals surface area contributed by atoms with E-state index in [1.54, 1.807) is 29.4 Å². The Balaban J connectivity index is 1.30. The van der Waals surface area contributed by atoms with Crippen molar-refractivity contribution in [2.45, 2.75) is 61.3 Å². The lowest BCUT2D eigenvalue weighted by molar-refractivity contribution is -0.126.